The summed E-state index contributed by atoms with van der Waals surface area (Å²) in [5.41, 5.74) is 0.0796. The highest BCUT2D eigenvalue weighted by Gasteiger charge is 2.70. The molecule has 32 heavy (non-hydrogen) atoms. The van der Waals surface area contributed by atoms with Gasteiger partial charge in [-0.1, -0.05) is 19.9 Å². The molecule has 1 amide bonds. The summed E-state index contributed by atoms with van der Waals surface area (Å²) in [6.45, 7) is 4.74. The lowest BCUT2D eigenvalue weighted by Gasteiger charge is -2.67. The number of nitrogens with one attached hydrogen (secondary N) is 1. The molecule has 170 valence electrons. The van der Waals surface area contributed by atoms with Crippen LogP contribution in [0, 0.1) is 17.3 Å². The van der Waals surface area contributed by atoms with Crippen molar-refractivity contribution in [3.8, 4) is 11.5 Å². The Morgan fingerprint density at radius 1 is 1.28 bits per heavy atom. The van der Waals surface area contributed by atoms with E-state index < -0.39 is 23.7 Å². The number of nitrogens with zero attached hydrogens (tertiary/aromatic N) is 1. The number of phenolic OH excluding ortho intramolecular Hbond substituents is 1. The number of carbonyl (C=O) groups is 1. The first-order valence-electron chi connectivity index (χ1n) is 11.2. The molecule has 6 rings (SSSR count). The molecule has 3 fully saturated rings. The quantitative estimate of drug-likeness (QED) is 0.664. The molecular weight excluding hydrogens is 408 g/mol. The zero-order valence-electron chi connectivity index (χ0n) is 18.7. The van der Waals surface area contributed by atoms with Crippen LogP contribution in [0.5, 0.6) is 11.5 Å². The molecule has 0 saturated heterocycles. The number of aromatic hydroxyl groups is 1. The molecule has 2 heterocycles. The smallest absolute Gasteiger partial charge is 0.255 e. The molecule has 1 aliphatic heterocycles. The summed E-state index contributed by atoms with van der Waals surface area (Å²) in [6, 6.07) is 8.90. The zero-order valence-corrected chi connectivity index (χ0v) is 18.7. The highest BCUT2D eigenvalue weighted by atomic mass is 16.5. The van der Waals surface area contributed by atoms with Crippen LogP contribution in [0.4, 0.5) is 0 Å². The number of pyridine rings is 1. The molecular formula is C25H30N2O5. The van der Waals surface area contributed by atoms with E-state index in [2.05, 4.69) is 24.1 Å². The monoisotopic (exact) mass is 438 g/mol. The SMILES string of the molecule is CO[C@H]1c2c(ccc(C(=O)NCCc3ccccn3)c2O)O[C@@H]2C[C@H]3C[C@H](C3(C)C)[C@@]21O. The third-order valence-corrected chi connectivity index (χ3v) is 8.04. The molecule has 0 unspecified atom stereocenters. The third kappa shape index (κ3) is 2.94. The van der Waals surface area contributed by atoms with Crippen LogP contribution in [-0.4, -0.2) is 46.5 Å². The van der Waals surface area contributed by atoms with Crippen LogP contribution in [0.3, 0.4) is 0 Å². The van der Waals surface area contributed by atoms with Gasteiger partial charge < -0.3 is 25.0 Å². The lowest BCUT2D eigenvalue weighted by atomic mass is 9.42. The van der Waals surface area contributed by atoms with E-state index in [1.807, 2.05) is 18.2 Å². The number of amides is 1. The van der Waals surface area contributed by atoms with E-state index in [-0.39, 0.29) is 22.6 Å². The van der Waals surface area contributed by atoms with Gasteiger partial charge in [0.1, 0.15) is 29.3 Å². The standard InChI is InChI=1S/C25H30N2O5/c1-24(2)14-12-18(24)25(30)19(13-14)32-17-8-7-16(21(28)20(17)22(25)31-3)23(29)27-11-9-15-6-4-5-10-26-15/h4-8,10,14,18-19,22,28,30H,9,11-13H2,1-3H3,(H,27,29)/t14-,18-,19-,22+,25-/m1/s1. The summed E-state index contributed by atoms with van der Waals surface area (Å²) in [7, 11) is 1.53. The van der Waals surface area contributed by atoms with Crippen LogP contribution >= 0.6 is 0 Å². The lowest BCUT2D eigenvalue weighted by Crippen LogP contribution is -2.72. The Hall–Kier alpha value is -2.64. The van der Waals surface area contributed by atoms with E-state index >= 15 is 0 Å². The van der Waals surface area contributed by atoms with Gasteiger partial charge in [0.25, 0.3) is 5.91 Å². The Morgan fingerprint density at radius 3 is 2.78 bits per heavy atom. The number of methoxy groups -OCH3 is 1. The van der Waals surface area contributed by atoms with Crippen molar-refractivity contribution in [2.24, 2.45) is 17.3 Å². The first-order valence-corrected chi connectivity index (χ1v) is 11.2. The highest BCUT2D eigenvalue weighted by Crippen LogP contribution is 2.68. The number of ether oxygens (including phenoxy) is 2. The van der Waals surface area contributed by atoms with E-state index in [0.717, 1.165) is 18.5 Å². The summed E-state index contributed by atoms with van der Waals surface area (Å²) in [5, 5.41) is 25.8. The minimum atomic E-state index is -1.26. The number of aromatic nitrogens is 1. The first-order chi connectivity index (χ1) is 15.3. The fraction of sp³-hybridized carbons (Fsp3) is 0.520. The summed E-state index contributed by atoms with van der Waals surface area (Å²) in [4.78, 5) is 17.1. The van der Waals surface area contributed by atoms with Crippen LogP contribution in [-0.2, 0) is 11.2 Å². The summed E-state index contributed by atoms with van der Waals surface area (Å²) < 4.78 is 12.0. The van der Waals surface area contributed by atoms with Crippen molar-refractivity contribution in [3.05, 3.63) is 53.3 Å². The zero-order chi connectivity index (χ0) is 22.7. The van der Waals surface area contributed by atoms with Crippen molar-refractivity contribution in [2.75, 3.05) is 13.7 Å². The number of hydrogen-bond acceptors (Lipinski definition) is 6. The number of fused-ring (bicyclic) bond motifs is 1. The molecule has 2 aromatic rings. The van der Waals surface area contributed by atoms with E-state index in [1.54, 1.807) is 18.3 Å². The summed E-state index contributed by atoms with van der Waals surface area (Å²) >= 11 is 0. The maximum atomic E-state index is 12.8. The number of carbonyl (C=O) groups excluding carboxylic acids is 1. The average molecular weight is 439 g/mol. The Kier molecular flexibility index (Phi) is 4.94. The Balaban J connectivity index is 1.42. The van der Waals surface area contributed by atoms with Crippen LogP contribution < -0.4 is 10.1 Å². The molecule has 1 aromatic heterocycles. The predicted molar refractivity (Wildman–Crippen MR) is 117 cm³/mol. The molecule has 7 heteroatoms. The van der Waals surface area contributed by atoms with Crippen molar-refractivity contribution >= 4 is 5.91 Å². The highest BCUT2D eigenvalue weighted by molar-refractivity contribution is 5.97. The number of phenols is 1. The fourth-order valence-corrected chi connectivity index (χ4v) is 6.13. The molecule has 5 atom stereocenters. The third-order valence-electron chi connectivity index (χ3n) is 8.04. The van der Waals surface area contributed by atoms with Crippen LogP contribution in [0.15, 0.2) is 36.5 Å². The van der Waals surface area contributed by atoms with E-state index in [4.69, 9.17) is 9.47 Å². The van der Waals surface area contributed by atoms with Crippen LogP contribution in [0.1, 0.15) is 54.4 Å². The number of aliphatic hydroxyl groups is 1. The molecule has 2 bridgehead atoms. The van der Waals surface area contributed by atoms with Gasteiger partial charge in [-0.15, -0.1) is 0 Å². The van der Waals surface area contributed by atoms with Crippen molar-refractivity contribution in [1.82, 2.24) is 10.3 Å². The minimum Gasteiger partial charge on any atom is -0.507 e. The van der Waals surface area contributed by atoms with E-state index in [0.29, 0.717) is 30.2 Å². The number of hydrogen-bond donors (Lipinski definition) is 3. The van der Waals surface area contributed by atoms with Crippen LogP contribution in [0.25, 0.3) is 0 Å². The van der Waals surface area contributed by atoms with Gasteiger partial charge in [0.15, 0.2) is 0 Å². The van der Waals surface area contributed by atoms with Gasteiger partial charge >= 0.3 is 0 Å². The average Bonchev–Trinajstić information content (AvgIpc) is 2.77. The lowest BCUT2D eigenvalue weighted by molar-refractivity contribution is -0.293. The molecule has 0 radical (unpaired) electrons. The van der Waals surface area contributed by atoms with Gasteiger partial charge in [-0.2, -0.15) is 0 Å². The second-order valence-corrected chi connectivity index (χ2v) is 9.85. The molecule has 3 saturated carbocycles. The molecule has 3 N–H and O–H groups in total. The first kappa shape index (κ1) is 21.2. The van der Waals surface area contributed by atoms with E-state index in [9.17, 15) is 15.0 Å². The second-order valence-electron chi connectivity index (χ2n) is 9.85. The maximum absolute atomic E-state index is 12.8. The summed E-state index contributed by atoms with van der Waals surface area (Å²) in [6.07, 6.45) is 2.79. The van der Waals surface area contributed by atoms with Gasteiger partial charge in [0, 0.05) is 32.0 Å². The Labute approximate surface area is 187 Å². The van der Waals surface area contributed by atoms with Gasteiger partial charge in [0.05, 0.1) is 11.1 Å². The summed E-state index contributed by atoms with van der Waals surface area (Å²) in [5.74, 6) is 0.364. The predicted octanol–water partition coefficient (Wildman–Crippen LogP) is 3.01. The molecule has 3 aliphatic carbocycles. The minimum absolute atomic E-state index is 0.00731. The topological polar surface area (TPSA) is 101 Å². The van der Waals surface area contributed by atoms with Crippen molar-refractivity contribution in [2.45, 2.75) is 50.9 Å². The van der Waals surface area contributed by atoms with Crippen molar-refractivity contribution in [3.63, 3.8) is 0 Å². The molecule has 7 nitrogen and oxygen atoms in total. The van der Waals surface area contributed by atoms with Gasteiger partial charge in [-0.3, -0.25) is 9.78 Å². The van der Waals surface area contributed by atoms with Crippen LogP contribution in [0.2, 0.25) is 0 Å². The number of rotatable bonds is 5. The van der Waals surface area contributed by atoms with Crippen molar-refractivity contribution in [1.29, 1.82) is 0 Å². The van der Waals surface area contributed by atoms with E-state index in [1.165, 1.54) is 7.11 Å². The molecule has 4 aliphatic rings. The molecule has 1 aromatic carbocycles. The Morgan fingerprint density at radius 2 is 2.09 bits per heavy atom. The number of benzene rings is 1. The molecule has 0 spiro atoms. The van der Waals surface area contributed by atoms with Gasteiger partial charge in [-0.05, 0) is 54.4 Å². The van der Waals surface area contributed by atoms with Crippen molar-refractivity contribution < 1.29 is 24.5 Å². The largest absolute Gasteiger partial charge is 0.507 e. The Bertz CT molecular complexity index is 1040. The van der Waals surface area contributed by atoms with Gasteiger partial charge in [0.2, 0.25) is 0 Å². The van der Waals surface area contributed by atoms with Gasteiger partial charge in [-0.25, -0.2) is 0 Å². The normalized spacial score (nSPS) is 31.5. The maximum Gasteiger partial charge on any atom is 0.255 e. The fourth-order valence-electron chi connectivity index (χ4n) is 6.13. The second kappa shape index (κ2) is 7.46.